The predicted octanol–water partition coefficient (Wildman–Crippen LogP) is 8.04. The topological polar surface area (TPSA) is 31.2 Å². The number of aromatic nitrogens is 1. The molecule has 0 N–H and O–H groups in total. The summed E-state index contributed by atoms with van der Waals surface area (Å²) >= 11 is 6.37. The van der Waals surface area contributed by atoms with Crippen molar-refractivity contribution in [3.05, 3.63) is 113 Å². The summed E-state index contributed by atoms with van der Waals surface area (Å²) in [5.74, 6) is 0.785. The number of aryl methyl sites for hydroxylation is 2. The van der Waals surface area contributed by atoms with Gasteiger partial charge in [0.25, 0.3) is 0 Å². The first kappa shape index (κ1) is 24.8. The molecule has 1 heterocycles. The van der Waals surface area contributed by atoms with E-state index < -0.39 is 0 Å². The molecule has 4 rings (SSSR count). The monoisotopic (exact) mass is 485 g/mol. The van der Waals surface area contributed by atoms with Gasteiger partial charge in [-0.3, -0.25) is 4.79 Å². The van der Waals surface area contributed by atoms with Crippen molar-refractivity contribution in [2.45, 2.75) is 33.7 Å². The lowest BCUT2D eigenvalue weighted by atomic mass is 9.68. The van der Waals surface area contributed by atoms with Crippen molar-refractivity contribution in [1.29, 1.82) is 0 Å². The molecule has 0 saturated heterocycles. The second kappa shape index (κ2) is 11.0. The van der Waals surface area contributed by atoms with Crippen molar-refractivity contribution in [2.75, 3.05) is 6.61 Å². The molecule has 2 aromatic carbocycles. The van der Waals surface area contributed by atoms with Crippen LogP contribution in [0.25, 0.3) is 11.6 Å². The summed E-state index contributed by atoms with van der Waals surface area (Å²) in [6.45, 7) is 7.89. The molecule has 0 amide bonds. The summed E-state index contributed by atoms with van der Waals surface area (Å²) in [5.41, 5.74) is 5.03. The fourth-order valence-corrected chi connectivity index (χ4v) is 4.76. The van der Waals surface area contributed by atoms with Gasteiger partial charge in [0, 0.05) is 30.4 Å². The molecule has 0 spiro atoms. The molecule has 1 aliphatic carbocycles. The van der Waals surface area contributed by atoms with Crippen LogP contribution in [-0.4, -0.2) is 17.5 Å². The van der Waals surface area contributed by atoms with Crippen molar-refractivity contribution in [1.82, 2.24) is 4.57 Å². The van der Waals surface area contributed by atoms with E-state index in [1.165, 1.54) is 16.7 Å². The number of hydrogen-bond donors (Lipinski definition) is 0. The Morgan fingerprint density at radius 1 is 1.11 bits per heavy atom. The van der Waals surface area contributed by atoms with Gasteiger partial charge in [-0.1, -0.05) is 74.0 Å². The third-order valence-corrected chi connectivity index (χ3v) is 7.12. The summed E-state index contributed by atoms with van der Waals surface area (Å²) in [7, 11) is 0. The highest BCUT2D eigenvalue weighted by Crippen LogP contribution is 2.45. The summed E-state index contributed by atoms with van der Waals surface area (Å²) in [6.07, 6.45) is 17.0. The van der Waals surface area contributed by atoms with Gasteiger partial charge >= 0.3 is 0 Å². The lowest BCUT2D eigenvalue weighted by molar-refractivity contribution is 0.112. The SMILES string of the molecule is Cc1cc(OCC2C=CC=C(c3cccc(/C=C/CCn4cccc4)c3)C2(C)C)c(Cl)cc1C=O. The zero-order chi connectivity index (χ0) is 24.8. The summed E-state index contributed by atoms with van der Waals surface area (Å²) < 4.78 is 8.35. The number of ether oxygens (including phenoxy) is 1. The van der Waals surface area contributed by atoms with Crippen molar-refractivity contribution in [3.63, 3.8) is 0 Å². The maximum absolute atomic E-state index is 11.2. The number of rotatable bonds is 9. The summed E-state index contributed by atoms with van der Waals surface area (Å²) in [6, 6.07) is 16.3. The Morgan fingerprint density at radius 3 is 2.69 bits per heavy atom. The molecule has 0 bridgehead atoms. The van der Waals surface area contributed by atoms with Crippen molar-refractivity contribution >= 4 is 29.5 Å². The first-order valence-electron chi connectivity index (χ1n) is 12.0. The molecule has 3 nitrogen and oxygen atoms in total. The van der Waals surface area contributed by atoms with E-state index in [2.05, 4.69) is 97.6 Å². The van der Waals surface area contributed by atoms with E-state index in [-0.39, 0.29) is 11.3 Å². The van der Waals surface area contributed by atoms with Crippen LogP contribution in [0.1, 0.15) is 47.3 Å². The number of halogens is 1. The molecular formula is C31H32ClNO2. The van der Waals surface area contributed by atoms with Crippen LogP contribution in [0.4, 0.5) is 0 Å². The van der Waals surface area contributed by atoms with Gasteiger partial charge in [0.05, 0.1) is 11.6 Å². The average molecular weight is 486 g/mol. The van der Waals surface area contributed by atoms with E-state index in [0.29, 0.717) is 22.9 Å². The number of hydrogen-bond acceptors (Lipinski definition) is 2. The van der Waals surface area contributed by atoms with Crippen LogP contribution in [-0.2, 0) is 6.54 Å². The lowest BCUT2D eigenvalue weighted by Crippen LogP contribution is -2.30. The summed E-state index contributed by atoms with van der Waals surface area (Å²) in [4.78, 5) is 11.2. The number of carbonyl (C=O) groups excluding carboxylic acids is 1. The lowest BCUT2D eigenvalue weighted by Gasteiger charge is -2.37. The molecule has 35 heavy (non-hydrogen) atoms. The van der Waals surface area contributed by atoms with E-state index in [1.54, 1.807) is 6.07 Å². The highest BCUT2D eigenvalue weighted by atomic mass is 35.5. The minimum atomic E-state index is -0.129. The standard InChI is InChI=1S/C31H32ClNO2/c1-23-18-30(29(32)20-26(23)21-34)35-22-27-13-9-14-28(31(27,2)3)25-12-8-11-24(19-25)10-4-5-15-33-16-6-7-17-33/h4,6-14,16-21,27H,5,15,22H2,1-3H3/b10-4+. The molecule has 4 heteroatoms. The van der Waals surface area contributed by atoms with Crippen LogP contribution in [0.2, 0.25) is 5.02 Å². The van der Waals surface area contributed by atoms with E-state index in [4.69, 9.17) is 16.3 Å². The normalized spacial score (nSPS) is 16.9. The maximum Gasteiger partial charge on any atom is 0.150 e. The molecule has 1 aliphatic rings. The van der Waals surface area contributed by atoms with Gasteiger partial charge in [0.1, 0.15) is 12.0 Å². The number of benzene rings is 2. The fourth-order valence-electron chi connectivity index (χ4n) is 4.53. The number of allylic oxidation sites excluding steroid dienone is 4. The van der Waals surface area contributed by atoms with Crippen LogP contribution in [0.3, 0.4) is 0 Å². The van der Waals surface area contributed by atoms with Crippen molar-refractivity contribution in [3.8, 4) is 5.75 Å². The molecule has 0 radical (unpaired) electrons. The largest absolute Gasteiger partial charge is 0.491 e. The molecule has 1 atom stereocenters. The molecule has 0 aliphatic heterocycles. The van der Waals surface area contributed by atoms with Crippen LogP contribution in [0.15, 0.2) is 85.2 Å². The zero-order valence-corrected chi connectivity index (χ0v) is 21.3. The molecule has 3 aromatic rings. The molecular weight excluding hydrogens is 454 g/mol. The van der Waals surface area contributed by atoms with Crippen molar-refractivity contribution in [2.24, 2.45) is 11.3 Å². The Labute approximate surface area is 213 Å². The van der Waals surface area contributed by atoms with Gasteiger partial charge in [0.2, 0.25) is 0 Å². The molecule has 0 saturated carbocycles. The number of carbonyl (C=O) groups is 1. The quantitative estimate of drug-likeness (QED) is 0.287. The Balaban J connectivity index is 1.45. The zero-order valence-electron chi connectivity index (χ0n) is 20.6. The summed E-state index contributed by atoms with van der Waals surface area (Å²) in [5, 5.41) is 0.460. The van der Waals surface area contributed by atoms with E-state index >= 15 is 0 Å². The fraction of sp³-hybridized carbons (Fsp3) is 0.258. The molecule has 1 aromatic heterocycles. The van der Waals surface area contributed by atoms with E-state index in [9.17, 15) is 4.79 Å². The Morgan fingerprint density at radius 2 is 1.91 bits per heavy atom. The maximum atomic E-state index is 11.2. The highest BCUT2D eigenvalue weighted by Gasteiger charge is 2.34. The highest BCUT2D eigenvalue weighted by molar-refractivity contribution is 6.32. The third-order valence-electron chi connectivity index (χ3n) is 6.82. The second-order valence-electron chi connectivity index (χ2n) is 9.60. The van der Waals surface area contributed by atoms with Crippen molar-refractivity contribution < 1.29 is 9.53 Å². The molecule has 180 valence electrons. The van der Waals surface area contributed by atoms with Gasteiger partial charge in [-0.05, 0) is 71.4 Å². The number of aldehydes is 1. The van der Waals surface area contributed by atoms with Gasteiger partial charge in [-0.15, -0.1) is 0 Å². The van der Waals surface area contributed by atoms with Crippen LogP contribution in [0.5, 0.6) is 5.75 Å². The second-order valence-corrected chi connectivity index (χ2v) is 10.0. The van der Waals surface area contributed by atoms with Crippen LogP contribution >= 0.6 is 11.6 Å². The van der Waals surface area contributed by atoms with Gasteiger partial charge in [-0.25, -0.2) is 0 Å². The number of nitrogens with zero attached hydrogens (tertiary/aromatic N) is 1. The van der Waals surface area contributed by atoms with Crippen LogP contribution in [0, 0.1) is 18.3 Å². The van der Waals surface area contributed by atoms with E-state index in [1.807, 2.05) is 13.0 Å². The van der Waals surface area contributed by atoms with Gasteiger partial charge in [-0.2, -0.15) is 0 Å². The predicted molar refractivity (Wildman–Crippen MR) is 146 cm³/mol. The Hall–Kier alpha value is -3.30. The smallest absolute Gasteiger partial charge is 0.150 e. The first-order chi connectivity index (χ1) is 16.9. The molecule has 0 fully saturated rings. The third kappa shape index (κ3) is 5.86. The Bertz CT molecular complexity index is 1270. The van der Waals surface area contributed by atoms with Gasteiger partial charge < -0.3 is 9.30 Å². The minimum absolute atomic E-state index is 0.129. The van der Waals surface area contributed by atoms with E-state index in [0.717, 1.165) is 24.8 Å². The van der Waals surface area contributed by atoms with Crippen LogP contribution < -0.4 is 4.74 Å². The first-order valence-corrected chi connectivity index (χ1v) is 12.4. The molecule has 1 unspecified atom stereocenters. The average Bonchev–Trinajstić information content (AvgIpc) is 3.36. The minimum Gasteiger partial charge on any atom is -0.491 e. The van der Waals surface area contributed by atoms with Gasteiger partial charge in [0.15, 0.2) is 0 Å². The Kier molecular flexibility index (Phi) is 7.77.